The molecule has 0 saturated heterocycles. The molecule has 7 nitrogen and oxygen atoms in total. The van der Waals surface area contributed by atoms with Gasteiger partial charge in [-0.3, -0.25) is 14.4 Å². The number of thioether (sulfide) groups is 1. The Kier molecular flexibility index (Phi) is 9.55. The highest BCUT2D eigenvalue weighted by Crippen LogP contribution is 2.19. The fourth-order valence-corrected chi connectivity index (χ4v) is 2.31. The third kappa shape index (κ3) is 9.22. The Morgan fingerprint density at radius 3 is 2.22 bits per heavy atom. The lowest BCUT2D eigenvalue weighted by Crippen LogP contribution is -2.54. The Labute approximate surface area is 141 Å². The quantitative estimate of drug-likeness (QED) is 0.514. The number of carbonyl (C=O) groups is 4. The highest BCUT2D eigenvalue weighted by molar-refractivity contribution is 7.98. The average molecular weight is 345 g/mol. The fraction of sp³-hybridized carbons (Fsp3) is 0.733. The van der Waals surface area contributed by atoms with Crippen LogP contribution in [0.3, 0.4) is 0 Å². The Morgan fingerprint density at radius 1 is 1.17 bits per heavy atom. The van der Waals surface area contributed by atoms with Crippen molar-refractivity contribution in [3.05, 3.63) is 0 Å². The summed E-state index contributed by atoms with van der Waals surface area (Å²) < 4.78 is 0. The molecular weight excluding hydrogens is 318 g/mol. The summed E-state index contributed by atoms with van der Waals surface area (Å²) in [7, 11) is 0. The van der Waals surface area contributed by atoms with Crippen LogP contribution in [0.25, 0.3) is 0 Å². The minimum absolute atomic E-state index is 0.241. The van der Waals surface area contributed by atoms with Crippen molar-refractivity contribution in [3.8, 4) is 0 Å². The zero-order valence-corrected chi connectivity index (χ0v) is 15.2. The van der Waals surface area contributed by atoms with E-state index < -0.39 is 29.3 Å². The maximum atomic E-state index is 12.2. The van der Waals surface area contributed by atoms with Gasteiger partial charge in [0.2, 0.25) is 17.7 Å². The van der Waals surface area contributed by atoms with E-state index in [1.165, 1.54) is 6.92 Å². The van der Waals surface area contributed by atoms with E-state index in [-0.39, 0.29) is 12.5 Å². The van der Waals surface area contributed by atoms with E-state index >= 15 is 0 Å². The highest BCUT2D eigenvalue weighted by Gasteiger charge is 2.32. The van der Waals surface area contributed by atoms with Gasteiger partial charge in [-0.05, 0) is 23.8 Å². The molecule has 0 radical (unpaired) electrons. The van der Waals surface area contributed by atoms with E-state index in [9.17, 15) is 19.2 Å². The number of rotatable bonds is 9. The first kappa shape index (κ1) is 21.4. The molecule has 2 unspecified atom stereocenters. The predicted octanol–water partition coefficient (Wildman–Crippen LogP) is 0.0902. The summed E-state index contributed by atoms with van der Waals surface area (Å²) in [5.41, 5.74) is -0.490. The third-order valence-corrected chi connectivity index (χ3v) is 3.69. The summed E-state index contributed by atoms with van der Waals surface area (Å²) in [5.74, 6) is -0.436. The minimum atomic E-state index is -0.744. The Morgan fingerprint density at radius 2 is 1.78 bits per heavy atom. The van der Waals surface area contributed by atoms with E-state index in [2.05, 4.69) is 16.0 Å². The van der Waals surface area contributed by atoms with Crippen molar-refractivity contribution in [1.29, 1.82) is 0 Å². The van der Waals surface area contributed by atoms with Crippen LogP contribution < -0.4 is 16.0 Å². The molecule has 0 bridgehead atoms. The molecule has 23 heavy (non-hydrogen) atoms. The summed E-state index contributed by atoms with van der Waals surface area (Å²) >= 11 is 1.58. The molecule has 0 fully saturated rings. The van der Waals surface area contributed by atoms with Crippen molar-refractivity contribution in [2.24, 2.45) is 5.41 Å². The topological polar surface area (TPSA) is 104 Å². The van der Waals surface area contributed by atoms with E-state index in [0.29, 0.717) is 12.7 Å². The molecule has 0 aromatic heterocycles. The molecule has 0 aliphatic rings. The third-order valence-electron chi connectivity index (χ3n) is 3.04. The molecule has 2 atom stereocenters. The molecular formula is C15H27N3O4S. The molecule has 0 saturated carbocycles. The molecule has 0 aliphatic heterocycles. The Bertz CT molecular complexity index is 435. The number of carbonyl (C=O) groups excluding carboxylic acids is 4. The normalized spacial score (nSPS) is 13.6. The number of hydrogen-bond acceptors (Lipinski definition) is 5. The van der Waals surface area contributed by atoms with E-state index in [4.69, 9.17) is 0 Å². The smallest absolute Gasteiger partial charge is 0.243 e. The molecule has 0 aromatic rings. The minimum Gasteiger partial charge on any atom is -0.345 e. The maximum Gasteiger partial charge on any atom is 0.243 e. The predicted molar refractivity (Wildman–Crippen MR) is 91.1 cm³/mol. The summed E-state index contributed by atoms with van der Waals surface area (Å²) in [6.07, 6.45) is 3.14. The summed E-state index contributed by atoms with van der Waals surface area (Å²) in [6, 6.07) is -1.30. The first-order valence-electron chi connectivity index (χ1n) is 7.40. The van der Waals surface area contributed by atoms with Crippen molar-refractivity contribution in [2.75, 3.05) is 18.6 Å². The second-order valence-electron chi connectivity index (χ2n) is 6.31. The van der Waals surface area contributed by atoms with Crippen LogP contribution in [0.4, 0.5) is 0 Å². The van der Waals surface area contributed by atoms with Gasteiger partial charge < -0.3 is 20.7 Å². The lowest BCUT2D eigenvalue weighted by Gasteiger charge is -2.29. The van der Waals surface area contributed by atoms with Crippen LogP contribution in [-0.2, 0) is 19.2 Å². The molecule has 3 amide bonds. The van der Waals surface area contributed by atoms with Gasteiger partial charge in [0.1, 0.15) is 12.3 Å². The van der Waals surface area contributed by atoms with Crippen molar-refractivity contribution in [1.82, 2.24) is 16.0 Å². The molecule has 3 N–H and O–H groups in total. The summed E-state index contributed by atoms with van der Waals surface area (Å²) in [4.78, 5) is 46.1. The molecule has 0 aliphatic carbocycles. The molecule has 8 heteroatoms. The maximum absolute atomic E-state index is 12.2. The van der Waals surface area contributed by atoms with Gasteiger partial charge >= 0.3 is 0 Å². The molecule has 0 aromatic carbocycles. The average Bonchev–Trinajstić information content (AvgIpc) is 2.45. The SMILES string of the molecule is CSCCC(C=O)NC(=O)CNC(=O)C(NC(C)=O)C(C)(C)C. The second kappa shape index (κ2) is 10.3. The fourth-order valence-electron chi connectivity index (χ4n) is 1.82. The standard InChI is InChI=1S/C15H27N3O4S/c1-10(20)17-13(15(2,3)4)14(22)16-8-12(21)18-11(9-19)6-7-23-5/h9,11,13H,6-8H2,1-5H3,(H,16,22)(H,17,20)(H,18,21). The Hall–Kier alpha value is -1.57. The van der Waals surface area contributed by atoms with Crippen LogP contribution in [0.15, 0.2) is 0 Å². The van der Waals surface area contributed by atoms with Crippen molar-refractivity contribution >= 4 is 35.8 Å². The van der Waals surface area contributed by atoms with Crippen LogP contribution in [0.1, 0.15) is 34.1 Å². The van der Waals surface area contributed by atoms with Crippen molar-refractivity contribution in [2.45, 2.75) is 46.2 Å². The first-order valence-corrected chi connectivity index (χ1v) is 8.79. The van der Waals surface area contributed by atoms with Gasteiger partial charge in [0, 0.05) is 6.92 Å². The van der Waals surface area contributed by atoms with Gasteiger partial charge in [0.25, 0.3) is 0 Å². The highest BCUT2D eigenvalue weighted by atomic mass is 32.2. The number of aldehydes is 1. The van der Waals surface area contributed by atoms with Crippen molar-refractivity contribution in [3.63, 3.8) is 0 Å². The van der Waals surface area contributed by atoms with E-state index in [0.717, 1.165) is 5.75 Å². The lowest BCUT2D eigenvalue weighted by atomic mass is 9.86. The molecule has 132 valence electrons. The van der Waals surface area contributed by atoms with Gasteiger partial charge in [-0.15, -0.1) is 0 Å². The van der Waals surface area contributed by atoms with Gasteiger partial charge in [-0.2, -0.15) is 11.8 Å². The van der Waals surface area contributed by atoms with E-state index in [1.807, 2.05) is 27.0 Å². The van der Waals surface area contributed by atoms with Gasteiger partial charge in [-0.25, -0.2) is 0 Å². The van der Waals surface area contributed by atoms with Crippen LogP contribution in [0, 0.1) is 5.41 Å². The van der Waals surface area contributed by atoms with Gasteiger partial charge in [0.05, 0.1) is 12.6 Å². The van der Waals surface area contributed by atoms with Gasteiger partial charge in [0.15, 0.2) is 0 Å². The summed E-state index contributed by atoms with van der Waals surface area (Å²) in [5, 5.41) is 7.63. The second-order valence-corrected chi connectivity index (χ2v) is 7.29. The largest absolute Gasteiger partial charge is 0.345 e. The van der Waals surface area contributed by atoms with Crippen molar-refractivity contribution < 1.29 is 19.2 Å². The monoisotopic (exact) mass is 345 g/mol. The molecule has 0 spiro atoms. The van der Waals surface area contributed by atoms with Crippen LogP contribution >= 0.6 is 11.8 Å². The van der Waals surface area contributed by atoms with Crippen LogP contribution in [0.2, 0.25) is 0 Å². The van der Waals surface area contributed by atoms with E-state index in [1.54, 1.807) is 11.8 Å². The van der Waals surface area contributed by atoms with Crippen LogP contribution in [0.5, 0.6) is 0 Å². The molecule has 0 rings (SSSR count). The van der Waals surface area contributed by atoms with Crippen LogP contribution in [-0.4, -0.2) is 54.6 Å². The Balaban J connectivity index is 4.51. The van der Waals surface area contributed by atoms with Gasteiger partial charge in [-0.1, -0.05) is 20.8 Å². The number of hydrogen-bond donors (Lipinski definition) is 3. The summed E-state index contributed by atoms with van der Waals surface area (Å²) in [6.45, 7) is 6.54. The first-order chi connectivity index (χ1) is 10.6. The number of amides is 3. The molecule has 0 heterocycles. The zero-order chi connectivity index (χ0) is 18.0. The lowest BCUT2D eigenvalue weighted by molar-refractivity contribution is -0.132. The zero-order valence-electron chi connectivity index (χ0n) is 14.4. The number of nitrogens with one attached hydrogen (secondary N) is 3.